The topological polar surface area (TPSA) is 61.9 Å². The average Bonchev–Trinajstić information content (AvgIpc) is 2.99. The van der Waals surface area contributed by atoms with Crippen molar-refractivity contribution in [2.45, 2.75) is 40.0 Å². The highest BCUT2D eigenvalue weighted by Crippen LogP contribution is 2.40. The van der Waals surface area contributed by atoms with Crippen LogP contribution < -0.4 is 5.32 Å². The number of ether oxygens (including phenoxy) is 1. The summed E-state index contributed by atoms with van der Waals surface area (Å²) in [5.41, 5.74) is 1.68. The number of hydrogen-bond acceptors (Lipinski definition) is 6. The van der Waals surface area contributed by atoms with Crippen LogP contribution in [0.2, 0.25) is 0 Å². The molecule has 1 atom stereocenters. The van der Waals surface area contributed by atoms with Gasteiger partial charge in [0.15, 0.2) is 0 Å². The number of esters is 1. The lowest BCUT2D eigenvalue weighted by Crippen LogP contribution is -2.48. The molecule has 7 heteroatoms. The quantitative estimate of drug-likeness (QED) is 0.753. The van der Waals surface area contributed by atoms with E-state index in [9.17, 15) is 9.59 Å². The van der Waals surface area contributed by atoms with Gasteiger partial charge in [-0.25, -0.2) is 4.79 Å². The molecule has 1 aromatic heterocycles. The number of anilines is 1. The number of piperazine rings is 1. The third-order valence-electron chi connectivity index (χ3n) is 5.52. The van der Waals surface area contributed by atoms with Gasteiger partial charge in [0, 0.05) is 31.1 Å². The van der Waals surface area contributed by atoms with Gasteiger partial charge in [-0.15, -0.1) is 11.3 Å². The Labute approximate surface area is 165 Å². The number of amides is 1. The van der Waals surface area contributed by atoms with Crippen molar-refractivity contribution >= 4 is 28.2 Å². The fraction of sp³-hybridized carbons (Fsp3) is 0.700. The molecule has 1 aliphatic heterocycles. The predicted molar refractivity (Wildman–Crippen MR) is 109 cm³/mol. The van der Waals surface area contributed by atoms with Crippen LogP contribution in [0.4, 0.5) is 5.00 Å². The SMILES string of the molecule is CCOC(=O)c1c(NC(=O)CN2CCN(CC)CC2)sc2c1CC[C@@H](C)C2. The van der Waals surface area contributed by atoms with Crippen LogP contribution in [-0.2, 0) is 22.4 Å². The van der Waals surface area contributed by atoms with Crippen LogP contribution in [0.5, 0.6) is 0 Å². The lowest BCUT2D eigenvalue weighted by Gasteiger charge is -2.33. The van der Waals surface area contributed by atoms with Crippen LogP contribution in [-0.4, -0.2) is 67.6 Å². The summed E-state index contributed by atoms with van der Waals surface area (Å²) < 4.78 is 5.28. The summed E-state index contributed by atoms with van der Waals surface area (Å²) >= 11 is 1.55. The number of nitrogens with zero attached hydrogens (tertiary/aromatic N) is 2. The maximum Gasteiger partial charge on any atom is 0.341 e. The van der Waals surface area contributed by atoms with E-state index in [2.05, 4.69) is 29.0 Å². The van der Waals surface area contributed by atoms with Gasteiger partial charge in [0.05, 0.1) is 18.7 Å². The molecule has 150 valence electrons. The van der Waals surface area contributed by atoms with Crippen LogP contribution in [0, 0.1) is 5.92 Å². The molecule has 0 radical (unpaired) electrons. The van der Waals surface area contributed by atoms with E-state index in [0.717, 1.165) is 57.5 Å². The van der Waals surface area contributed by atoms with Gasteiger partial charge in [0.25, 0.3) is 0 Å². The van der Waals surface area contributed by atoms with Crippen LogP contribution >= 0.6 is 11.3 Å². The van der Waals surface area contributed by atoms with Gasteiger partial charge in [0.2, 0.25) is 5.91 Å². The molecule has 0 unspecified atom stereocenters. The fourth-order valence-electron chi connectivity index (χ4n) is 3.89. The number of rotatable bonds is 6. The molecule has 3 rings (SSSR count). The monoisotopic (exact) mass is 393 g/mol. The average molecular weight is 394 g/mol. The molecule has 0 spiro atoms. The first-order valence-electron chi connectivity index (χ1n) is 10.1. The molecule has 1 amide bonds. The van der Waals surface area contributed by atoms with E-state index >= 15 is 0 Å². The Bertz CT molecular complexity index is 680. The second kappa shape index (κ2) is 9.17. The van der Waals surface area contributed by atoms with Gasteiger partial charge in [-0.2, -0.15) is 0 Å². The van der Waals surface area contributed by atoms with E-state index in [1.54, 1.807) is 11.3 Å². The predicted octanol–water partition coefficient (Wildman–Crippen LogP) is 2.63. The molecule has 1 aromatic rings. The normalized spacial score (nSPS) is 20.9. The van der Waals surface area contributed by atoms with Gasteiger partial charge in [-0.1, -0.05) is 13.8 Å². The minimum absolute atomic E-state index is 0.0443. The summed E-state index contributed by atoms with van der Waals surface area (Å²) in [7, 11) is 0. The first kappa shape index (κ1) is 20.3. The minimum Gasteiger partial charge on any atom is -0.462 e. The molecule has 6 nitrogen and oxygen atoms in total. The van der Waals surface area contributed by atoms with Crippen molar-refractivity contribution in [3.05, 3.63) is 16.0 Å². The highest BCUT2D eigenvalue weighted by molar-refractivity contribution is 7.17. The van der Waals surface area contributed by atoms with Crippen molar-refractivity contribution in [1.82, 2.24) is 9.80 Å². The number of thiophene rings is 1. The zero-order valence-electron chi connectivity index (χ0n) is 16.7. The number of hydrogen-bond donors (Lipinski definition) is 1. The highest BCUT2D eigenvalue weighted by atomic mass is 32.1. The van der Waals surface area contributed by atoms with Crippen molar-refractivity contribution in [3.63, 3.8) is 0 Å². The van der Waals surface area contributed by atoms with Gasteiger partial charge in [-0.3, -0.25) is 9.69 Å². The van der Waals surface area contributed by atoms with Gasteiger partial charge < -0.3 is 15.0 Å². The first-order chi connectivity index (χ1) is 13.0. The summed E-state index contributed by atoms with van der Waals surface area (Å²) in [5.74, 6) is 0.262. The fourth-order valence-corrected chi connectivity index (χ4v) is 5.31. The molecule has 0 saturated carbocycles. The molecule has 2 aliphatic rings. The van der Waals surface area contributed by atoms with Crippen molar-refractivity contribution in [1.29, 1.82) is 0 Å². The molecular formula is C20H31N3O3S. The van der Waals surface area contributed by atoms with Crippen molar-refractivity contribution in [2.75, 3.05) is 51.2 Å². The molecule has 0 bridgehead atoms. The molecule has 2 heterocycles. The van der Waals surface area contributed by atoms with Crippen LogP contribution in [0.15, 0.2) is 0 Å². The molecule has 1 N–H and O–H groups in total. The smallest absolute Gasteiger partial charge is 0.341 e. The Morgan fingerprint density at radius 2 is 1.89 bits per heavy atom. The third-order valence-corrected chi connectivity index (χ3v) is 6.69. The Kier molecular flexibility index (Phi) is 6.89. The maximum atomic E-state index is 12.6. The molecular weight excluding hydrogens is 362 g/mol. The summed E-state index contributed by atoms with van der Waals surface area (Å²) in [6.45, 7) is 11.8. The molecule has 27 heavy (non-hydrogen) atoms. The van der Waals surface area contributed by atoms with Crippen molar-refractivity contribution in [3.8, 4) is 0 Å². The molecule has 1 saturated heterocycles. The second-order valence-electron chi connectivity index (χ2n) is 7.53. The largest absolute Gasteiger partial charge is 0.462 e. The Balaban J connectivity index is 1.70. The number of fused-ring (bicyclic) bond motifs is 1. The first-order valence-corrected chi connectivity index (χ1v) is 10.9. The zero-order chi connectivity index (χ0) is 19.4. The van der Waals surface area contributed by atoms with Gasteiger partial charge in [0.1, 0.15) is 5.00 Å². The number of carbonyl (C=O) groups is 2. The molecule has 1 aliphatic carbocycles. The summed E-state index contributed by atoms with van der Waals surface area (Å²) in [5, 5.41) is 3.69. The van der Waals surface area contributed by atoms with E-state index in [4.69, 9.17) is 4.74 Å². The van der Waals surface area contributed by atoms with E-state index in [1.165, 1.54) is 4.88 Å². The van der Waals surface area contributed by atoms with E-state index in [-0.39, 0.29) is 11.9 Å². The summed E-state index contributed by atoms with van der Waals surface area (Å²) in [4.78, 5) is 31.0. The highest BCUT2D eigenvalue weighted by Gasteiger charge is 2.29. The molecule has 0 aromatic carbocycles. The number of carbonyl (C=O) groups excluding carboxylic acids is 2. The van der Waals surface area contributed by atoms with Crippen molar-refractivity contribution in [2.24, 2.45) is 5.92 Å². The van der Waals surface area contributed by atoms with Crippen LogP contribution in [0.3, 0.4) is 0 Å². The summed E-state index contributed by atoms with van der Waals surface area (Å²) in [6, 6.07) is 0. The lowest BCUT2D eigenvalue weighted by molar-refractivity contribution is -0.117. The maximum absolute atomic E-state index is 12.6. The zero-order valence-corrected chi connectivity index (χ0v) is 17.5. The number of likely N-dealkylation sites (N-methyl/N-ethyl adjacent to an activating group) is 1. The van der Waals surface area contributed by atoms with Crippen LogP contribution in [0.1, 0.15) is 48.0 Å². The number of nitrogens with one attached hydrogen (secondary N) is 1. The van der Waals surface area contributed by atoms with Gasteiger partial charge in [-0.05, 0) is 44.2 Å². The lowest BCUT2D eigenvalue weighted by atomic mass is 9.88. The van der Waals surface area contributed by atoms with E-state index < -0.39 is 0 Å². The third kappa shape index (κ3) is 4.89. The van der Waals surface area contributed by atoms with Crippen LogP contribution in [0.25, 0.3) is 0 Å². The Morgan fingerprint density at radius 1 is 1.19 bits per heavy atom. The standard InChI is InChI=1S/C20H31N3O3S/c1-4-22-8-10-23(11-9-22)13-17(24)21-19-18(20(25)26-5-2)15-7-6-14(3)12-16(15)27-19/h14H,4-13H2,1-3H3,(H,21,24)/t14-/m1/s1. The van der Waals surface area contributed by atoms with Crippen molar-refractivity contribution < 1.29 is 14.3 Å². The van der Waals surface area contributed by atoms with E-state index in [0.29, 0.717) is 29.6 Å². The Hall–Kier alpha value is -1.44. The van der Waals surface area contributed by atoms with E-state index in [1.807, 2.05) is 6.92 Å². The van der Waals surface area contributed by atoms with Gasteiger partial charge >= 0.3 is 5.97 Å². The minimum atomic E-state index is -0.309. The Morgan fingerprint density at radius 3 is 2.56 bits per heavy atom. The molecule has 1 fully saturated rings. The second-order valence-corrected chi connectivity index (χ2v) is 8.64. The summed E-state index contributed by atoms with van der Waals surface area (Å²) in [6.07, 6.45) is 2.93.